The zero-order valence-electron chi connectivity index (χ0n) is 10.1. The van der Waals surface area contributed by atoms with Crippen LogP contribution < -0.4 is 10.1 Å². The van der Waals surface area contributed by atoms with E-state index in [1.807, 2.05) is 12.1 Å². The maximum Gasteiger partial charge on any atom is 0.312 e. The number of hydrogen-bond donors (Lipinski definition) is 1. The monoisotopic (exact) mass is 298 g/mol. The lowest BCUT2D eigenvalue weighted by Crippen LogP contribution is -1.99. The van der Waals surface area contributed by atoms with E-state index in [9.17, 15) is 10.1 Å². The zero-order valence-corrected chi connectivity index (χ0v) is 11.6. The molecule has 100 valence electrons. The van der Waals surface area contributed by atoms with Crippen LogP contribution in [-0.2, 0) is 6.54 Å². The van der Waals surface area contributed by atoms with Gasteiger partial charge in [0.15, 0.2) is 5.75 Å². The van der Waals surface area contributed by atoms with Crippen LogP contribution >= 0.6 is 22.9 Å². The summed E-state index contributed by atoms with van der Waals surface area (Å²) in [7, 11) is 1.41. The summed E-state index contributed by atoms with van der Waals surface area (Å²) >= 11 is 7.30. The van der Waals surface area contributed by atoms with Gasteiger partial charge in [0.25, 0.3) is 0 Å². The van der Waals surface area contributed by atoms with Gasteiger partial charge in [-0.25, -0.2) is 0 Å². The Morgan fingerprint density at radius 3 is 2.79 bits per heavy atom. The summed E-state index contributed by atoms with van der Waals surface area (Å²) in [4.78, 5) is 11.5. The van der Waals surface area contributed by atoms with E-state index in [0.717, 1.165) is 9.21 Å². The fourth-order valence-corrected chi connectivity index (χ4v) is 2.61. The maximum absolute atomic E-state index is 10.9. The molecule has 0 aliphatic heterocycles. The van der Waals surface area contributed by atoms with Crippen molar-refractivity contribution in [1.29, 1.82) is 0 Å². The molecule has 0 radical (unpaired) electrons. The Balaban J connectivity index is 2.12. The minimum Gasteiger partial charge on any atom is -0.490 e. The van der Waals surface area contributed by atoms with Crippen molar-refractivity contribution in [1.82, 2.24) is 0 Å². The topological polar surface area (TPSA) is 64.4 Å². The Morgan fingerprint density at radius 2 is 2.21 bits per heavy atom. The third-order valence-electron chi connectivity index (χ3n) is 2.47. The van der Waals surface area contributed by atoms with E-state index < -0.39 is 4.92 Å². The van der Waals surface area contributed by atoms with E-state index in [4.69, 9.17) is 16.3 Å². The molecule has 0 unspecified atom stereocenters. The molecule has 7 heteroatoms. The number of hydrogen-bond acceptors (Lipinski definition) is 5. The van der Waals surface area contributed by atoms with Crippen LogP contribution in [0.4, 0.5) is 11.4 Å². The Kier molecular flexibility index (Phi) is 4.24. The first-order chi connectivity index (χ1) is 9.10. The van der Waals surface area contributed by atoms with Crippen LogP contribution in [0.15, 0.2) is 30.3 Å². The van der Waals surface area contributed by atoms with Crippen molar-refractivity contribution < 1.29 is 9.66 Å². The lowest BCUT2D eigenvalue weighted by molar-refractivity contribution is -0.385. The molecule has 1 aromatic carbocycles. The Bertz CT molecular complexity index is 600. The maximum atomic E-state index is 10.9. The lowest BCUT2D eigenvalue weighted by Gasteiger charge is -2.07. The van der Waals surface area contributed by atoms with Gasteiger partial charge in [0, 0.05) is 23.2 Å². The molecule has 0 bridgehead atoms. The summed E-state index contributed by atoms with van der Waals surface area (Å²) in [6.45, 7) is 0.570. The first kappa shape index (κ1) is 13.6. The Hall–Kier alpha value is -1.79. The van der Waals surface area contributed by atoms with Crippen LogP contribution in [-0.4, -0.2) is 12.0 Å². The second-order valence-electron chi connectivity index (χ2n) is 3.70. The molecule has 0 spiro atoms. The van der Waals surface area contributed by atoms with Crippen molar-refractivity contribution in [2.75, 3.05) is 12.4 Å². The van der Waals surface area contributed by atoms with Crippen molar-refractivity contribution in [2.24, 2.45) is 0 Å². The van der Waals surface area contributed by atoms with Crippen LogP contribution in [0.25, 0.3) is 0 Å². The summed E-state index contributed by atoms with van der Waals surface area (Å²) in [6.07, 6.45) is 0. The SMILES string of the molecule is COc1ccc(NCc2ccc(Cl)s2)cc1[N+](=O)[O-]. The van der Waals surface area contributed by atoms with Crippen molar-refractivity contribution in [3.05, 3.63) is 49.7 Å². The second kappa shape index (κ2) is 5.90. The molecule has 0 atom stereocenters. The van der Waals surface area contributed by atoms with Crippen LogP contribution in [0.5, 0.6) is 5.75 Å². The number of methoxy groups -OCH3 is 1. The first-order valence-electron chi connectivity index (χ1n) is 5.40. The average Bonchev–Trinajstić information content (AvgIpc) is 2.81. The number of halogens is 1. The molecular weight excluding hydrogens is 288 g/mol. The van der Waals surface area contributed by atoms with Crippen LogP contribution in [0.3, 0.4) is 0 Å². The molecule has 0 saturated carbocycles. The van der Waals surface area contributed by atoms with E-state index in [-0.39, 0.29) is 11.4 Å². The molecule has 0 saturated heterocycles. The summed E-state index contributed by atoms with van der Waals surface area (Å²) in [6, 6.07) is 8.49. The number of anilines is 1. The molecule has 0 fully saturated rings. The van der Waals surface area contributed by atoms with Crippen LogP contribution in [0.1, 0.15) is 4.88 Å². The van der Waals surface area contributed by atoms with E-state index in [1.54, 1.807) is 12.1 Å². The molecule has 0 aliphatic carbocycles. The van der Waals surface area contributed by atoms with Crippen LogP contribution in [0.2, 0.25) is 4.34 Å². The number of benzene rings is 1. The summed E-state index contributed by atoms with van der Waals surface area (Å²) < 4.78 is 5.66. The number of thiophene rings is 1. The highest BCUT2D eigenvalue weighted by Gasteiger charge is 2.15. The van der Waals surface area contributed by atoms with E-state index >= 15 is 0 Å². The fourth-order valence-electron chi connectivity index (χ4n) is 1.58. The average molecular weight is 299 g/mol. The predicted octanol–water partition coefficient (Wildman–Crippen LogP) is 3.93. The third kappa shape index (κ3) is 3.36. The molecule has 1 aromatic heterocycles. The number of nitro groups is 1. The standard InChI is InChI=1S/C12H11ClN2O3S/c1-18-11-4-2-8(6-10(11)15(16)17)14-7-9-3-5-12(13)19-9/h2-6,14H,7H2,1H3. The van der Waals surface area contributed by atoms with Gasteiger partial charge >= 0.3 is 5.69 Å². The van der Waals surface area contributed by atoms with Crippen molar-refractivity contribution >= 4 is 34.3 Å². The molecule has 19 heavy (non-hydrogen) atoms. The normalized spacial score (nSPS) is 10.2. The van der Waals surface area contributed by atoms with E-state index in [0.29, 0.717) is 12.2 Å². The predicted molar refractivity (Wildman–Crippen MR) is 76.3 cm³/mol. The molecule has 5 nitrogen and oxygen atoms in total. The quantitative estimate of drug-likeness (QED) is 0.671. The number of nitrogens with zero attached hydrogens (tertiary/aromatic N) is 1. The molecule has 0 amide bonds. The van der Waals surface area contributed by atoms with Gasteiger partial charge in [-0.15, -0.1) is 11.3 Å². The summed E-state index contributed by atoms with van der Waals surface area (Å²) in [5, 5.41) is 14.0. The van der Waals surface area contributed by atoms with Gasteiger partial charge in [-0.1, -0.05) is 11.6 Å². The van der Waals surface area contributed by atoms with Gasteiger partial charge in [-0.05, 0) is 24.3 Å². The molecule has 0 aliphatic rings. The van der Waals surface area contributed by atoms with Gasteiger partial charge in [0.05, 0.1) is 16.4 Å². The lowest BCUT2D eigenvalue weighted by atomic mass is 10.2. The Morgan fingerprint density at radius 1 is 1.42 bits per heavy atom. The first-order valence-corrected chi connectivity index (χ1v) is 6.60. The third-order valence-corrected chi connectivity index (χ3v) is 3.70. The number of ether oxygens (including phenoxy) is 1. The molecular formula is C12H11ClN2O3S. The highest BCUT2D eigenvalue weighted by atomic mass is 35.5. The van der Waals surface area contributed by atoms with Crippen molar-refractivity contribution in [3.63, 3.8) is 0 Å². The van der Waals surface area contributed by atoms with Gasteiger partial charge in [-0.3, -0.25) is 10.1 Å². The molecule has 2 rings (SSSR count). The number of rotatable bonds is 5. The highest BCUT2D eigenvalue weighted by molar-refractivity contribution is 7.16. The Labute approximate surface area is 118 Å². The summed E-state index contributed by atoms with van der Waals surface area (Å²) in [5.74, 6) is 0.245. The fraction of sp³-hybridized carbons (Fsp3) is 0.167. The molecule has 1 heterocycles. The minimum absolute atomic E-state index is 0.0586. The van der Waals surface area contributed by atoms with Crippen molar-refractivity contribution in [2.45, 2.75) is 6.54 Å². The van der Waals surface area contributed by atoms with Crippen molar-refractivity contribution in [3.8, 4) is 5.75 Å². The van der Waals surface area contributed by atoms with Gasteiger partial charge in [0.2, 0.25) is 0 Å². The second-order valence-corrected chi connectivity index (χ2v) is 5.50. The number of nitro benzene ring substituents is 1. The van der Waals surface area contributed by atoms with E-state index in [1.165, 1.54) is 24.5 Å². The summed E-state index contributed by atoms with van der Waals surface area (Å²) in [5.41, 5.74) is 0.605. The van der Waals surface area contributed by atoms with Gasteiger partial charge < -0.3 is 10.1 Å². The van der Waals surface area contributed by atoms with Gasteiger partial charge in [-0.2, -0.15) is 0 Å². The molecule has 1 N–H and O–H groups in total. The molecule has 2 aromatic rings. The number of nitrogens with one attached hydrogen (secondary N) is 1. The smallest absolute Gasteiger partial charge is 0.312 e. The van der Waals surface area contributed by atoms with E-state index in [2.05, 4.69) is 5.32 Å². The zero-order chi connectivity index (χ0) is 13.8. The largest absolute Gasteiger partial charge is 0.490 e. The highest BCUT2D eigenvalue weighted by Crippen LogP contribution is 2.30. The minimum atomic E-state index is -0.466. The van der Waals surface area contributed by atoms with Crippen LogP contribution in [0, 0.1) is 10.1 Å². The van der Waals surface area contributed by atoms with Gasteiger partial charge in [0.1, 0.15) is 0 Å².